The predicted octanol–water partition coefficient (Wildman–Crippen LogP) is 2.32. The number of hydrogen-bond donors (Lipinski definition) is 2. The second-order valence-electron chi connectivity index (χ2n) is 4.60. The summed E-state index contributed by atoms with van der Waals surface area (Å²) < 4.78 is 28.1. The molecule has 2 rings (SSSR count). The summed E-state index contributed by atoms with van der Waals surface area (Å²) in [6, 6.07) is 11.4. The highest BCUT2D eigenvalue weighted by molar-refractivity contribution is 7.98. The van der Waals surface area contributed by atoms with Gasteiger partial charge in [-0.1, -0.05) is 6.07 Å². The van der Waals surface area contributed by atoms with Crippen LogP contribution in [-0.2, 0) is 10.0 Å². The van der Waals surface area contributed by atoms with Crippen molar-refractivity contribution in [2.75, 3.05) is 18.7 Å². The number of hydrogen-bond acceptors (Lipinski definition) is 5. The smallest absolute Gasteiger partial charge is 0.255 e. The first kappa shape index (κ1) is 17.3. The number of ether oxygens (including phenoxy) is 1. The van der Waals surface area contributed by atoms with Gasteiger partial charge in [-0.15, -0.1) is 11.8 Å². The minimum absolute atomic E-state index is 0.0911. The molecule has 0 saturated carbocycles. The van der Waals surface area contributed by atoms with E-state index in [2.05, 4.69) is 5.32 Å². The van der Waals surface area contributed by atoms with E-state index in [-0.39, 0.29) is 16.2 Å². The van der Waals surface area contributed by atoms with E-state index in [1.165, 1.54) is 25.3 Å². The van der Waals surface area contributed by atoms with Gasteiger partial charge in [0.2, 0.25) is 10.0 Å². The Labute approximate surface area is 139 Å². The normalized spacial score (nSPS) is 11.1. The Morgan fingerprint density at radius 1 is 1.22 bits per heavy atom. The highest BCUT2D eigenvalue weighted by Gasteiger charge is 2.18. The van der Waals surface area contributed by atoms with Crippen molar-refractivity contribution in [2.45, 2.75) is 9.79 Å². The van der Waals surface area contributed by atoms with Gasteiger partial charge in [-0.05, 0) is 42.7 Å². The topological polar surface area (TPSA) is 98.5 Å². The number of carbonyl (C=O) groups is 1. The summed E-state index contributed by atoms with van der Waals surface area (Å²) in [6.45, 7) is 0. The lowest BCUT2D eigenvalue weighted by Crippen LogP contribution is -2.16. The Morgan fingerprint density at radius 2 is 1.96 bits per heavy atom. The molecular weight excluding hydrogens is 336 g/mol. The summed E-state index contributed by atoms with van der Waals surface area (Å²) in [5, 5.41) is 7.87. The molecule has 0 saturated heterocycles. The second kappa shape index (κ2) is 7.03. The maximum Gasteiger partial charge on any atom is 0.255 e. The highest BCUT2D eigenvalue weighted by Crippen LogP contribution is 2.25. The van der Waals surface area contributed by atoms with Crippen LogP contribution in [0.1, 0.15) is 10.4 Å². The summed E-state index contributed by atoms with van der Waals surface area (Å²) in [5.74, 6) is -0.343. The molecule has 0 bridgehead atoms. The molecule has 0 aromatic heterocycles. The molecule has 0 aliphatic carbocycles. The number of nitrogens with one attached hydrogen (secondary N) is 1. The number of primary sulfonamides is 1. The average molecular weight is 352 g/mol. The summed E-state index contributed by atoms with van der Waals surface area (Å²) in [4.78, 5) is 13.1. The van der Waals surface area contributed by atoms with E-state index in [1.807, 2.05) is 24.5 Å². The van der Waals surface area contributed by atoms with Crippen LogP contribution in [0.4, 0.5) is 5.69 Å². The number of sulfonamides is 1. The molecule has 0 fully saturated rings. The average Bonchev–Trinajstić information content (AvgIpc) is 2.53. The molecule has 2 aromatic rings. The largest absolute Gasteiger partial charge is 0.495 e. The molecule has 23 heavy (non-hydrogen) atoms. The zero-order valence-corrected chi connectivity index (χ0v) is 14.2. The van der Waals surface area contributed by atoms with Crippen LogP contribution in [0.3, 0.4) is 0 Å². The number of thioether (sulfide) groups is 1. The van der Waals surface area contributed by atoms with Gasteiger partial charge in [0.25, 0.3) is 5.91 Å². The van der Waals surface area contributed by atoms with Crippen LogP contribution in [0.5, 0.6) is 5.75 Å². The van der Waals surface area contributed by atoms with Gasteiger partial charge in [-0.25, -0.2) is 13.6 Å². The molecule has 2 aromatic carbocycles. The number of anilines is 1. The van der Waals surface area contributed by atoms with Crippen molar-refractivity contribution < 1.29 is 17.9 Å². The van der Waals surface area contributed by atoms with E-state index in [0.29, 0.717) is 5.69 Å². The van der Waals surface area contributed by atoms with Gasteiger partial charge in [0.1, 0.15) is 10.6 Å². The molecular formula is C15H16N2O4S2. The fourth-order valence-electron chi connectivity index (χ4n) is 1.94. The van der Waals surface area contributed by atoms with Crippen LogP contribution in [0.15, 0.2) is 52.3 Å². The van der Waals surface area contributed by atoms with Gasteiger partial charge in [0.15, 0.2) is 0 Å². The Kier molecular flexibility index (Phi) is 5.30. The molecule has 0 aliphatic heterocycles. The number of nitrogens with two attached hydrogens (primary N) is 1. The van der Waals surface area contributed by atoms with Gasteiger partial charge in [0, 0.05) is 16.1 Å². The minimum Gasteiger partial charge on any atom is -0.495 e. The summed E-state index contributed by atoms with van der Waals surface area (Å²) >= 11 is 1.55. The third kappa shape index (κ3) is 4.25. The molecule has 6 nitrogen and oxygen atoms in total. The standard InChI is InChI=1S/C15H16N2O4S2/c1-21-13-7-6-10(8-14(13)23(16,19)20)15(18)17-11-4-3-5-12(9-11)22-2/h3-9H,1-2H3,(H,17,18)(H2,16,19,20). The zero-order valence-electron chi connectivity index (χ0n) is 12.6. The van der Waals surface area contributed by atoms with Crippen molar-refractivity contribution >= 4 is 33.4 Å². The summed E-state index contributed by atoms with van der Waals surface area (Å²) in [5.41, 5.74) is 0.791. The van der Waals surface area contributed by atoms with Gasteiger partial charge in [0.05, 0.1) is 7.11 Å². The van der Waals surface area contributed by atoms with E-state index in [9.17, 15) is 13.2 Å². The first-order valence-electron chi connectivity index (χ1n) is 6.51. The Hall–Kier alpha value is -2.03. The maximum absolute atomic E-state index is 12.3. The fraction of sp³-hybridized carbons (Fsp3) is 0.133. The van der Waals surface area contributed by atoms with Crippen LogP contribution >= 0.6 is 11.8 Å². The van der Waals surface area contributed by atoms with E-state index in [0.717, 1.165) is 4.90 Å². The number of benzene rings is 2. The van der Waals surface area contributed by atoms with Gasteiger partial charge < -0.3 is 10.1 Å². The van der Waals surface area contributed by atoms with E-state index < -0.39 is 15.9 Å². The summed E-state index contributed by atoms with van der Waals surface area (Å²) in [6.07, 6.45) is 1.93. The van der Waals surface area contributed by atoms with Crippen molar-refractivity contribution in [1.29, 1.82) is 0 Å². The molecule has 0 radical (unpaired) electrons. The number of amides is 1. The van der Waals surface area contributed by atoms with Crippen molar-refractivity contribution in [3.63, 3.8) is 0 Å². The van der Waals surface area contributed by atoms with Crippen LogP contribution in [0.2, 0.25) is 0 Å². The molecule has 8 heteroatoms. The van der Waals surface area contributed by atoms with Crippen molar-refractivity contribution in [3.05, 3.63) is 48.0 Å². The third-order valence-corrected chi connectivity index (χ3v) is 4.72. The van der Waals surface area contributed by atoms with Crippen LogP contribution in [0.25, 0.3) is 0 Å². The second-order valence-corrected chi connectivity index (χ2v) is 7.01. The van der Waals surface area contributed by atoms with Crippen LogP contribution < -0.4 is 15.2 Å². The molecule has 0 heterocycles. The lowest BCUT2D eigenvalue weighted by atomic mass is 10.2. The number of carbonyl (C=O) groups excluding carboxylic acids is 1. The molecule has 0 aliphatic rings. The Morgan fingerprint density at radius 3 is 2.57 bits per heavy atom. The SMILES string of the molecule is COc1ccc(C(=O)Nc2cccc(SC)c2)cc1S(N)(=O)=O. The third-order valence-electron chi connectivity index (χ3n) is 3.06. The van der Waals surface area contributed by atoms with Gasteiger partial charge in [-0.2, -0.15) is 0 Å². The van der Waals surface area contributed by atoms with E-state index in [1.54, 1.807) is 17.8 Å². The van der Waals surface area contributed by atoms with Crippen molar-refractivity contribution in [3.8, 4) is 5.75 Å². The minimum atomic E-state index is -3.99. The first-order chi connectivity index (χ1) is 10.8. The Balaban J connectivity index is 2.32. The lowest BCUT2D eigenvalue weighted by molar-refractivity contribution is 0.102. The van der Waals surface area contributed by atoms with Crippen LogP contribution in [0, 0.1) is 0 Å². The molecule has 0 atom stereocenters. The van der Waals surface area contributed by atoms with Crippen molar-refractivity contribution in [2.24, 2.45) is 5.14 Å². The quantitative estimate of drug-likeness (QED) is 0.805. The Bertz CT molecular complexity index is 835. The molecule has 0 unspecified atom stereocenters. The van der Waals surface area contributed by atoms with E-state index >= 15 is 0 Å². The fourth-order valence-corrected chi connectivity index (χ4v) is 3.13. The van der Waals surface area contributed by atoms with Crippen molar-refractivity contribution in [1.82, 2.24) is 0 Å². The first-order valence-corrected chi connectivity index (χ1v) is 9.28. The van der Waals surface area contributed by atoms with E-state index in [4.69, 9.17) is 9.88 Å². The predicted molar refractivity (Wildman–Crippen MR) is 90.5 cm³/mol. The molecule has 1 amide bonds. The monoisotopic (exact) mass is 352 g/mol. The number of rotatable bonds is 5. The number of methoxy groups -OCH3 is 1. The summed E-state index contributed by atoms with van der Waals surface area (Å²) in [7, 11) is -2.66. The van der Waals surface area contributed by atoms with Gasteiger partial charge >= 0.3 is 0 Å². The zero-order chi connectivity index (χ0) is 17.0. The molecule has 122 valence electrons. The lowest BCUT2D eigenvalue weighted by Gasteiger charge is -2.10. The van der Waals surface area contributed by atoms with Gasteiger partial charge in [-0.3, -0.25) is 4.79 Å². The van der Waals surface area contributed by atoms with Crippen LogP contribution in [-0.4, -0.2) is 27.7 Å². The molecule has 0 spiro atoms. The highest BCUT2D eigenvalue weighted by atomic mass is 32.2. The molecule has 3 N–H and O–H groups in total. The maximum atomic E-state index is 12.3.